The number of carboxylic acid groups (broad SMARTS) is 1. The minimum absolute atomic E-state index is 0.0303. The number of hydrogen-bond acceptors (Lipinski definition) is 6. The summed E-state index contributed by atoms with van der Waals surface area (Å²) in [5.74, 6) is -1.00. The average molecular weight is 447 g/mol. The van der Waals surface area contributed by atoms with E-state index in [0.717, 1.165) is 38.5 Å². The Morgan fingerprint density at radius 3 is 2.47 bits per heavy atom. The minimum Gasteiger partial charge on any atom is -0.481 e. The van der Waals surface area contributed by atoms with Gasteiger partial charge in [0.25, 0.3) is 0 Å². The summed E-state index contributed by atoms with van der Waals surface area (Å²) in [6.07, 6.45) is 7.37. The average Bonchev–Trinajstić information content (AvgIpc) is 3.03. The molecule has 3 saturated carbocycles. The second kappa shape index (κ2) is 8.08. The second-order valence-electron chi connectivity index (χ2n) is 10.8. The maximum atomic E-state index is 13.1. The van der Waals surface area contributed by atoms with E-state index in [1.54, 1.807) is 0 Å². The van der Waals surface area contributed by atoms with Gasteiger partial charge in [0.2, 0.25) is 5.78 Å². The second-order valence-corrected chi connectivity index (χ2v) is 10.8. The minimum atomic E-state index is -1.53. The standard InChI is InChI=1S/C25H34O7/c1-23-10-7-16(26)13-15(23)3-4-17-18(23)8-11-24(2)19(17)9-12-25(24,31)20(27)14-32-22(30)6-5-21(28)29/h13,17-19,31H,3-12,14H2,1-2H3,(H,28,29)/t17-,18+,19+,23+,24+,25+/m1/s1. The number of ether oxygens (including phenoxy) is 1. The van der Waals surface area contributed by atoms with E-state index in [-0.39, 0.29) is 30.0 Å². The van der Waals surface area contributed by atoms with E-state index >= 15 is 0 Å². The Balaban J connectivity index is 1.48. The molecule has 0 heterocycles. The number of ketones is 2. The molecule has 0 spiro atoms. The van der Waals surface area contributed by atoms with Gasteiger partial charge in [0.15, 0.2) is 12.4 Å². The van der Waals surface area contributed by atoms with E-state index in [9.17, 15) is 24.3 Å². The highest BCUT2D eigenvalue weighted by Crippen LogP contribution is 2.67. The highest BCUT2D eigenvalue weighted by atomic mass is 16.5. The first kappa shape index (κ1) is 23.1. The molecule has 0 saturated heterocycles. The molecule has 0 aliphatic heterocycles. The third-order valence-electron chi connectivity index (χ3n) is 9.48. The van der Waals surface area contributed by atoms with Gasteiger partial charge in [-0.1, -0.05) is 19.4 Å². The van der Waals surface area contributed by atoms with E-state index in [4.69, 9.17) is 9.84 Å². The lowest BCUT2D eigenvalue weighted by molar-refractivity contribution is -0.170. The molecule has 7 nitrogen and oxygen atoms in total. The predicted octanol–water partition coefficient (Wildman–Crippen LogP) is 3.23. The Kier molecular flexibility index (Phi) is 5.85. The number of carbonyl (C=O) groups excluding carboxylic acids is 3. The Hall–Kier alpha value is -2.02. The fraction of sp³-hybridized carbons (Fsp3) is 0.760. The highest BCUT2D eigenvalue weighted by Gasteiger charge is 2.66. The van der Waals surface area contributed by atoms with Crippen molar-refractivity contribution in [3.63, 3.8) is 0 Å². The molecule has 0 aromatic rings. The molecule has 0 unspecified atom stereocenters. The topological polar surface area (TPSA) is 118 Å². The van der Waals surface area contributed by atoms with Crippen LogP contribution in [0.25, 0.3) is 0 Å². The third-order valence-corrected chi connectivity index (χ3v) is 9.48. The van der Waals surface area contributed by atoms with Crippen LogP contribution >= 0.6 is 0 Å². The Bertz CT molecular complexity index is 876. The number of rotatable bonds is 6. The van der Waals surface area contributed by atoms with Gasteiger partial charge in [-0.05, 0) is 74.2 Å². The Labute approximate surface area is 188 Å². The largest absolute Gasteiger partial charge is 0.481 e. The number of aliphatic hydroxyl groups is 1. The van der Waals surface area contributed by atoms with Crippen molar-refractivity contribution in [3.05, 3.63) is 11.6 Å². The summed E-state index contributed by atoms with van der Waals surface area (Å²) in [7, 11) is 0. The lowest BCUT2D eigenvalue weighted by atomic mass is 9.46. The predicted molar refractivity (Wildman–Crippen MR) is 114 cm³/mol. The smallest absolute Gasteiger partial charge is 0.306 e. The van der Waals surface area contributed by atoms with E-state index < -0.39 is 35.3 Å². The van der Waals surface area contributed by atoms with Crippen molar-refractivity contribution in [1.29, 1.82) is 0 Å². The third kappa shape index (κ3) is 3.53. The number of carbonyl (C=O) groups is 4. The molecule has 32 heavy (non-hydrogen) atoms. The van der Waals surface area contributed by atoms with Crippen molar-refractivity contribution >= 4 is 23.5 Å². The van der Waals surface area contributed by atoms with E-state index in [0.29, 0.717) is 24.7 Å². The van der Waals surface area contributed by atoms with Crippen LogP contribution in [0, 0.1) is 28.6 Å². The molecule has 4 aliphatic rings. The van der Waals surface area contributed by atoms with Crippen LogP contribution in [0.1, 0.15) is 78.1 Å². The van der Waals surface area contributed by atoms with Gasteiger partial charge in [-0.2, -0.15) is 0 Å². The summed E-state index contributed by atoms with van der Waals surface area (Å²) in [6, 6.07) is 0. The van der Waals surface area contributed by atoms with Crippen LogP contribution in [0.2, 0.25) is 0 Å². The number of esters is 1. The zero-order chi connectivity index (χ0) is 23.3. The van der Waals surface area contributed by atoms with Crippen molar-refractivity contribution in [1.82, 2.24) is 0 Å². The van der Waals surface area contributed by atoms with E-state index in [1.807, 2.05) is 13.0 Å². The zero-order valence-electron chi connectivity index (χ0n) is 19.0. The van der Waals surface area contributed by atoms with E-state index in [1.165, 1.54) is 5.57 Å². The van der Waals surface area contributed by atoms with Crippen molar-refractivity contribution < 1.29 is 34.1 Å². The van der Waals surface area contributed by atoms with Gasteiger partial charge in [-0.25, -0.2) is 0 Å². The molecule has 0 aromatic carbocycles. The molecule has 0 bridgehead atoms. The van der Waals surface area contributed by atoms with Crippen molar-refractivity contribution in [2.45, 2.75) is 83.7 Å². The van der Waals surface area contributed by atoms with Gasteiger partial charge in [0, 0.05) is 11.8 Å². The molecule has 176 valence electrons. The first-order valence-corrected chi connectivity index (χ1v) is 11.9. The number of Topliss-reactive ketones (excluding diaryl/α,β-unsaturated/α-hetero) is 1. The maximum Gasteiger partial charge on any atom is 0.306 e. The molecule has 0 aromatic heterocycles. The highest BCUT2D eigenvalue weighted by molar-refractivity contribution is 5.92. The van der Waals surface area contributed by atoms with Gasteiger partial charge >= 0.3 is 11.9 Å². The van der Waals surface area contributed by atoms with Gasteiger partial charge in [-0.3, -0.25) is 19.2 Å². The van der Waals surface area contributed by atoms with Crippen molar-refractivity contribution in [2.24, 2.45) is 28.6 Å². The van der Waals surface area contributed by atoms with Crippen LogP contribution in [0.15, 0.2) is 11.6 Å². The monoisotopic (exact) mass is 446 g/mol. The molecule has 3 fully saturated rings. The quantitative estimate of drug-likeness (QED) is 0.601. The van der Waals surface area contributed by atoms with Crippen LogP contribution in [0.5, 0.6) is 0 Å². The molecule has 7 heteroatoms. The number of carboxylic acids is 1. The fourth-order valence-electron chi connectivity index (χ4n) is 7.58. The van der Waals surface area contributed by atoms with Gasteiger partial charge in [-0.15, -0.1) is 0 Å². The molecule has 6 atom stereocenters. The van der Waals surface area contributed by atoms with Gasteiger partial charge < -0.3 is 14.9 Å². The van der Waals surface area contributed by atoms with Crippen molar-refractivity contribution in [3.8, 4) is 0 Å². The maximum absolute atomic E-state index is 13.1. The van der Waals surface area contributed by atoms with Crippen LogP contribution in [0.4, 0.5) is 0 Å². The molecule has 0 amide bonds. The Morgan fingerprint density at radius 1 is 1.03 bits per heavy atom. The summed E-state index contributed by atoms with van der Waals surface area (Å²) in [5, 5.41) is 20.3. The molecule has 2 N–H and O–H groups in total. The van der Waals surface area contributed by atoms with Crippen LogP contribution in [-0.4, -0.2) is 45.9 Å². The summed E-state index contributed by atoms with van der Waals surface area (Å²) >= 11 is 0. The first-order chi connectivity index (χ1) is 15.0. The number of hydrogen-bond donors (Lipinski definition) is 2. The molecular formula is C25H34O7. The molecular weight excluding hydrogens is 412 g/mol. The summed E-state index contributed by atoms with van der Waals surface area (Å²) in [4.78, 5) is 47.4. The fourth-order valence-corrected chi connectivity index (χ4v) is 7.58. The number of aliphatic carboxylic acids is 1. The molecule has 0 radical (unpaired) electrons. The van der Waals surface area contributed by atoms with Gasteiger partial charge in [0.1, 0.15) is 5.60 Å². The number of allylic oxidation sites excluding steroid dienone is 1. The van der Waals surface area contributed by atoms with Crippen LogP contribution < -0.4 is 0 Å². The summed E-state index contributed by atoms with van der Waals surface area (Å²) < 4.78 is 5.01. The SMILES string of the molecule is C[C@]12CCC(=O)C=C1CC[C@@H]1[C@@H]2CC[C@@]2(C)[C@H]1CC[C@]2(O)C(=O)COC(=O)CCC(=O)O. The van der Waals surface area contributed by atoms with Crippen LogP contribution in [0.3, 0.4) is 0 Å². The summed E-state index contributed by atoms with van der Waals surface area (Å²) in [6.45, 7) is 3.80. The lowest BCUT2D eigenvalue weighted by Crippen LogP contribution is -2.58. The first-order valence-electron chi connectivity index (χ1n) is 11.9. The number of fused-ring (bicyclic) bond motifs is 5. The van der Waals surface area contributed by atoms with E-state index in [2.05, 4.69) is 6.92 Å². The van der Waals surface area contributed by atoms with Gasteiger partial charge in [0.05, 0.1) is 12.8 Å². The van der Waals surface area contributed by atoms with Crippen LogP contribution in [-0.2, 0) is 23.9 Å². The van der Waals surface area contributed by atoms with Crippen molar-refractivity contribution in [2.75, 3.05) is 6.61 Å². The molecule has 4 aliphatic carbocycles. The molecule has 4 rings (SSSR count). The summed E-state index contributed by atoms with van der Waals surface area (Å²) in [5.41, 5.74) is -0.783. The zero-order valence-corrected chi connectivity index (χ0v) is 19.0. The lowest BCUT2D eigenvalue weighted by Gasteiger charge is -2.58. The Morgan fingerprint density at radius 2 is 1.75 bits per heavy atom. The normalized spacial score (nSPS) is 40.5.